The third-order valence-corrected chi connectivity index (χ3v) is 5.08. The molecule has 0 unspecified atom stereocenters. The van der Waals surface area contributed by atoms with Crippen LogP contribution in [-0.2, 0) is 11.4 Å². The van der Waals surface area contributed by atoms with Crippen molar-refractivity contribution < 1.29 is 23.8 Å². The Bertz CT molecular complexity index is 960. The molecule has 0 fully saturated rings. The summed E-state index contributed by atoms with van der Waals surface area (Å²) < 4.78 is 16.0. The van der Waals surface area contributed by atoms with Gasteiger partial charge in [-0.15, -0.1) is 0 Å². The van der Waals surface area contributed by atoms with Crippen LogP contribution >= 0.6 is 0 Å². The number of benzene rings is 2. The van der Waals surface area contributed by atoms with E-state index in [2.05, 4.69) is 10.5 Å². The fraction of sp³-hybridized carbons (Fsp3) is 0.417. The summed E-state index contributed by atoms with van der Waals surface area (Å²) in [5.41, 5.74) is 2.68. The summed E-state index contributed by atoms with van der Waals surface area (Å²) in [5.74, 6) is 2.04. The third-order valence-electron chi connectivity index (χ3n) is 5.08. The quantitative estimate of drug-likeness (QED) is 0.640. The van der Waals surface area contributed by atoms with Crippen LogP contribution < -0.4 is 19.5 Å². The predicted molar refractivity (Wildman–Crippen MR) is 123 cm³/mol. The highest BCUT2D eigenvalue weighted by Crippen LogP contribution is 2.29. The van der Waals surface area contributed by atoms with Crippen LogP contribution in [0.15, 0.2) is 47.6 Å². The largest absolute Gasteiger partial charge is 0.497 e. The van der Waals surface area contributed by atoms with Crippen molar-refractivity contribution in [2.24, 2.45) is 5.16 Å². The zero-order valence-corrected chi connectivity index (χ0v) is 19.3. The second kappa shape index (κ2) is 10.7. The molecule has 1 aliphatic rings. The van der Waals surface area contributed by atoms with Crippen LogP contribution in [0.4, 0.5) is 4.79 Å². The number of methoxy groups -OCH3 is 3. The van der Waals surface area contributed by atoms with Crippen molar-refractivity contribution in [1.82, 2.24) is 10.2 Å². The summed E-state index contributed by atoms with van der Waals surface area (Å²) in [6.07, 6.45) is 0.334. The Morgan fingerprint density at radius 2 is 1.91 bits per heavy atom. The molecule has 0 saturated carbocycles. The fourth-order valence-electron chi connectivity index (χ4n) is 3.51. The molecule has 1 atom stereocenters. The molecule has 2 aromatic carbocycles. The lowest BCUT2D eigenvalue weighted by atomic mass is 10.0. The van der Waals surface area contributed by atoms with Crippen LogP contribution in [0.25, 0.3) is 0 Å². The predicted octanol–water partition coefficient (Wildman–Crippen LogP) is 3.83. The van der Waals surface area contributed by atoms with Gasteiger partial charge in [-0.05, 0) is 49.7 Å². The first-order valence-corrected chi connectivity index (χ1v) is 10.6. The zero-order chi connectivity index (χ0) is 23.1. The van der Waals surface area contributed by atoms with Crippen molar-refractivity contribution in [1.29, 1.82) is 0 Å². The van der Waals surface area contributed by atoms with E-state index in [1.165, 1.54) is 0 Å². The van der Waals surface area contributed by atoms with Gasteiger partial charge in [0.15, 0.2) is 17.6 Å². The van der Waals surface area contributed by atoms with Gasteiger partial charge in [0, 0.05) is 24.6 Å². The van der Waals surface area contributed by atoms with Gasteiger partial charge in [-0.1, -0.05) is 17.3 Å². The molecule has 0 spiro atoms. The number of hydrogen-bond acceptors (Lipinski definition) is 6. The lowest BCUT2D eigenvalue weighted by Gasteiger charge is -2.26. The molecule has 8 heteroatoms. The highest BCUT2D eigenvalue weighted by molar-refractivity contribution is 6.01. The van der Waals surface area contributed by atoms with E-state index in [0.717, 1.165) is 22.6 Å². The van der Waals surface area contributed by atoms with E-state index in [4.69, 9.17) is 19.0 Å². The number of amides is 2. The van der Waals surface area contributed by atoms with Crippen molar-refractivity contribution in [3.8, 4) is 17.2 Å². The fourth-order valence-corrected chi connectivity index (χ4v) is 3.51. The van der Waals surface area contributed by atoms with Gasteiger partial charge in [0.25, 0.3) is 0 Å². The van der Waals surface area contributed by atoms with Gasteiger partial charge in [0.2, 0.25) is 0 Å². The van der Waals surface area contributed by atoms with Crippen molar-refractivity contribution in [2.45, 2.75) is 39.0 Å². The van der Waals surface area contributed by atoms with Gasteiger partial charge in [-0.25, -0.2) is 4.79 Å². The first-order chi connectivity index (χ1) is 15.4. The zero-order valence-electron chi connectivity index (χ0n) is 19.3. The summed E-state index contributed by atoms with van der Waals surface area (Å²) in [7, 11) is 4.83. The maximum Gasteiger partial charge on any atom is 0.318 e. The van der Waals surface area contributed by atoms with E-state index in [9.17, 15) is 4.79 Å². The van der Waals surface area contributed by atoms with Gasteiger partial charge in [0.1, 0.15) is 5.75 Å². The van der Waals surface area contributed by atoms with Crippen molar-refractivity contribution >= 4 is 11.7 Å². The van der Waals surface area contributed by atoms with Crippen LogP contribution in [0.1, 0.15) is 31.4 Å². The van der Waals surface area contributed by atoms with Crippen LogP contribution in [0.5, 0.6) is 17.2 Å². The first kappa shape index (κ1) is 23.2. The Labute approximate surface area is 189 Å². The number of carbonyl (C=O) groups excluding carboxylic acids is 1. The standard InChI is InChI=1S/C24H31N3O5/c1-16(2)25-24(28)27(14-17-7-6-8-19(11-17)29-3)15-20-13-21(26-32-20)18-9-10-22(30-4)23(12-18)31-5/h6-12,16,20H,13-15H2,1-5H3,(H,25,28)/t20-/m0/s1. The molecule has 0 aliphatic carbocycles. The van der Waals surface area contributed by atoms with Gasteiger partial charge < -0.3 is 29.3 Å². The second-order valence-corrected chi connectivity index (χ2v) is 7.88. The van der Waals surface area contributed by atoms with Crippen molar-refractivity contribution in [2.75, 3.05) is 27.9 Å². The van der Waals surface area contributed by atoms with Gasteiger partial charge >= 0.3 is 6.03 Å². The van der Waals surface area contributed by atoms with Crippen LogP contribution in [0.3, 0.4) is 0 Å². The summed E-state index contributed by atoms with van der Waals surface area (Å²) in [6, 6.07) is 13.2. The number of rotatable bonds is 9. The molecule has 32 heavy (non-hydrogen) atoms. The average molecular weight is 442 g/mol. The SMILES string of the molecule is COc1cccc(CN(C[C@@H]2CC(c3ccc(OC)c(OC)c3)=NO2)C(=O)NC(C)C)c1. The molecule has 2 aromatic rings. The topological polar surface area (TPSA) is 81.6 Å². The number of ether oxygens (including phenoxy) is 3. The van der Waals surface area contributed by atoms with Gasteiger partial charge in [-0.3, -0.25) is 0 Å². The number of oxime groups is 1. The maximum absolute atomic E-state index is 12.9. The van der Waals surface area contributed by atoms with Crippen molar-refractivity contribution in [3.63, 3.8) is 0 Å². The van der Waals surface area contributed by atoms with Crippen LogP contribution in [0.2, 0.25) is 0 Å². The summed E-state index contributed by atoms with van der Waals surface area (Å²) in [4.78, 5) is 20.3. The molecule has 0 aromatic heterocycles. The van der Waals surface area contributed by atoms with E-state index in [1.807, 2.05) is 56.3 Å². The van der Waals surface area contributed by atoms with E-state index in [1.54, 1.807) is 26.2 Å². The Balaban J connectivity index is 1.71. The van der Waals surface area contributed by atoms with E-state index in [-0.39, 0.29) is 18.2 Å². The Morgan fingerprint density at radius 1 is 1.12 bits per heavy atom. The number of hydrogen-bond donors (Lipinski definition) is 1. The normalized spacial score (nSPS) is 15.1. The van der Waals surface area contributed by atoms with E-state index in [0.29, 0.717) is 31.0 Å². The highest BCUT2D eigenvalue weighted by atomic mass is 16.6. The molecule has 0 radical (unpaired) electrons. The second-order valence-electron chi connectivity index (χ2n) is 7.88. The molecule has 1 N–H and O–H groups in total. The number of nitrogens with zero attached hydrogens (tertiary/aromatic N) is 2. The molecular formula is C24H31N3O5. The Morgan fingerprint density at radius 3 is 2.59 bits per heavy atom. The molecule has 1 aliphatic heterocycles. The molecular weight excluding hydrogens is 410 g/mol. The molecule has 0 bridgehead atoms. The summed E-state index contributed by atoms with van der Waals surface area (Å²) in [6.45, 7) is 4.70. The van der Waals surface area contributed by atoms with Crippen LogP contribution in [-0.4, -0.2) is 56.7 Å². The minimum Gasteiger partial charge on any atom is -0.497 e. The third kappa shape index (κ3) is 5.84. The molecule has 8 nitrogen and oxygen atoms in total. The molecule has 2 amide bonds. The summed E-state index contributed by atoms with van der Waals surface area (Å²) >= 11 is 0. The van der Waals surface area contributed by atoms with E-state index >= 15 is 0 Å². The lowest BCUT2D eigenvalue weighted by Crippen LogP contribution is -2.45. The number of nitrogens with one attached hydrogen (secondary N) is 1. The van der Waals surface area contributed by atoms with Crippen molar-refractivity contribution in [3.05, 3.63) is 53.6 Å². The molecule has 3 rings (SSSR count). The molecule has 0 saturated heterocycles. The highest BCUT2D eigenvalue weighted by Gasteiger charge is 2.27. The van der Waals surface area contributed by atoms with Gasteiger partial charge in [-0.2, -0.15) is 0 Å². The first-order valence-electron chi connectivity index (χ1n) is 10.6. The smallest absolute Gasteiger partial charge is 0.318 e. The Hall–Kier alpha value is -3.42. The maximum atomic E-state index is 12.9. The van der Waals surface area contributed by atoms with E-state index < -0.39 is 0 Å². The Kier molecular flexibility index (Phi) is 7.81. The lowest BCUT2D eigenvalue weighted by molar-refractivity contribution is 0.0586. The minimum atomic E-state index is -0.249. The monoisotopic (exact) mass is 441 g/mol. The minimum absolute atomic E-state index is 0.0263. The van der Waals surface area contributed by atoms with Crippen LogP contribution in [0, 0.1) is 0 Å². The number of carbonyl (C=O) groups is 1. The average Bonchev–Trinajstić information content (AvgIpc) is 3.26. The van der Waals surface area contributed by atoms with Gasteiger partial charge in [0.05, 0.1) is 33.6 Å². The summed E-state index contributed by atoms with van der Waals surface area (Å²) in [5, 5.41) is 7.24. The molecule has 172 valence electrons. The molecule has 1 heterocycles. The number of urea groups is 1.